The molecule has 6 aromatic rings. The van der Waals surface area contributed by atoms with Crippen LogP contribution in [0.4, 0.5) is 11.4 Å². The Labute approximate surface area is 248 Å². The second-order valence-electron chi connectivity index (χ2n) is 10.7. The van der Waals surface area contributed by atoms with E-state index in [1.54, 1.807) is 0 Å². The van der Waals surface area contributed by atoms with Crippen LogP contribution in [0.1, 0.15) is 33.4 Å². The van der Waals surface area contributed by atoms with Crippen LogP contribution in [0.2, 0.25) is 0 Å². The molecule has 0 N–H and O–H groups in total. The zero-order valence-corrected chi connectivity index (χ0v) is 23.6. The van der Waals surface area contributed by atoms with Gasteiger partial charge in [-0.05, 0) is 92.1 Å². The molecule has 200 valence electrons. The minimum atomic E-state index is 1.15. The van der Waals surface area contributed by atoms with Crippen LogP contribution in [0.3, 0.4) is 0 Å². The van der Waals surface area contributed by atoms with Crippen molar-refractivity contribution in [1.82, 2.24) is 0 Å². The van der Waals surface area contributed by atoms with Crippen LogP contribution in [-0.4, -0.2) is 7.05 Å². The van der Waals surface area contributed by atoms with Gasteiger partial charge in [-0.25, -0.2) is 0 Å². The Kier molecular flexibility index (Phi) is 6.84. The summed E-state index contributed by atoms with van der Waals surface area (Å²) in [7, 11) is 2.13. The van der Waals surface area contributed by atoms with E-state index < -0.39 is 0 Å². The van der Waals surface area contributed by atoms with Crippen LogP contribution in [0, 0.1) is 0 Å². The van der Waals surface area contributed by atoms with Gasteiger partial charge in [-0.2, -0.15) is 0 Å². The van der Waals surface area contributed by atoms with Gasteiger partial charge in [-0.3, -0.25) is 0 Å². The molecule has 0 heterocycles. The Bertz CT molecular complexity index is 1750. The van der Waals surface area contributed by atoms with E-state index in [2.05, 4.69) is 182 Å². The van der Waals surface area contributed by atoms with E-state index >= 15 is 0 Å². The molecule has 0 atom stereocenters. The number of anilines is 2. The molecule has 0 saturated heterocycles. The lowest BCUT2D eigenvalue weighted by molar-refractivity contribution is 1.21. The van der Waals surface area contributed by atoms with Gasteiger partial charge in [-0.1, -0.05) is 133 Å². The third-order valence-electron chi connectivity index (χ3n) is 8.08. The van der Waals surface area contributed by atoms with Crippen LogP contribution in [0.15, 0.2) is 158 Å². The second kappa shape index (κ2) is 11.2. The van der Waals surface area contributed by atoms with E-state index in [-0.39, 0.29) is 0 Å². The fraction of sp³-hybridized carbons (Fsp3) is 0.0244. The van der Waals surface area contributed by atoms with Gasteiger partial charge in [-0.15, -0.1) is 0 Å². The maximum absolute atomic E-state index is 2.31. The van der Waals surface area contributed by atoms with E-state index in [0.717, 1.165) is 11.4 Å². The van der Waals surface area contributed by atoms with Crippen LogP contribution in [0.5, 0.6) is 0 Å². The van der Waals surface area contributed by atoms with Gasteiger partial charge in [0.05, 0.1) is 0 Å². The summed E-state index contributed by atoms with van der Waals surface area (Å²) in [5.74, 6) is 0. The highest BCUT2D eigenvalue weighted by Gasteiger charge is 2.22. The fourth-order valence-electron chi connectivity index (χ4n) is 5.85. The lowest BCUT2D eigenvalue weighted by Gasteiger charge is -2.20. The number of nitrogens with zero attached hydrogens (tertiary/aromatic N) is 1. The van der Waals surface area contributed by atoms with Crippen LogP contribution < -0.4 is 4.90 Å². The topological polar surface area (TPSA) is 3.24 Å². The number of hydrogen-bond donors (Lipinski definition) is 0. The smallest absolute Gasteiger partial charge is 0.0408 e. The quantitative estimate of drug-likeness (QED) is 0.191. The minimum absolute atomic E-state index is 1.15. The molecule has 0 amide bonds. The van der Waals surface area contributed by atoms with E-state index in [1.165, 1.54) is 55.7 Å². The van der Waals surface area contributed by atoms with Gasteiger partial charge in [0.15, 0.2) is 0 Å². The molecule has 0 radical (unpaired) electrons. The molecule has 1 nitrogen and oxygen atoms in total. The molecule has 0 unspecified atom stereocenters. The zero-order chi connectivity index (χ0) is 28.3. The van der Waals surface area contributed by atoms with Gasteiger partial charge in [0, 0.05) is 18.4 Å². The first-order chi connectivity index (χ1) is 20.7. The molecule has 0 spiro atoms. The fourth-order valence-corrected chi connectivity index (χ4v) is 5.85. The van der Waals surface area contributed by atoms with E-state index in [1.807, 2.05) is 0 Å². The predicted octanol–water partition coefficient (Wildman–Crippen LogP) is 10.6. The average Bonchev–Trinajstić information content (AvgIpc) is 3.38. The standard InChI is InChI=1S/C41H31N/c1-42(34-24-20-30(21-25-34)28-40(32-12-4-2-5-13-32)33-14-6-3-7-15-33)35-26-22-31(23-27-35)29-41-38-18-10-8-16-36(38)37-17-9-11-19-39(37)41/h2-29H,1H3. The van der Waals surface area contributed by atoms with Gasteiger partial charge >= 0.3 is 0 Å². The molecule has 0 fully saturated rings. The summed E-state index contributed by atoms with van der Waals surface area (Å²) < 4.78 is 0. The van der Waals surface area contributed by atoms with Crippen molar-refractivity contribution in [2.45, 2.75) is 0 Å². The molecule has 0 bridgehead atoms. The Balaban J connectivity index is 1.14. The Hall–Kier alpha value is -5.40. The molecule has 1 aliphatic rings. The summed E-state index contributed by atoms with van der Waals surface area (Å²) in [6.45, 7) is 0. The van der Waals surface area contributed by atoms with Crippen LogP contribution >= 0.6 is 0 Å². The van der Waals surface area contributed by atoms with Crippen molar-refractivity contribution in [3.63, 3.8) is 0 Å². The van der Waals surface area contributed by atoms with Gasteiger partial charge in [0.2, 0.25) is 0 Å². The third-order valence-corrected chi connectivity index (χ3v) is 8.08. The SMILES string of the molecule is CN(c1ccc(C=C(c2ccccc2)c2ccccc2)cc1)c1ccc(C=C2c3ccccc3-c3ccccc32)cc1. The average molecular weight is 538 g/mol. The molecule has 6 aromatic carbocycles. The van der Waals surface area contributed by atoms with Crippen molar-refractivity contribution in [1.29, 1.82) is 0 Å². The van der Waals surface area contributed by atoms with Crippen molar-refractivity contribution in [3.05, 3.63) is 191 Å². The summed E-state index contributed by atoms with van der Waals surface area (Å²) in [6.07, 6.45) is 4.59. The number of rotatable bonds is 6. The Morgan fingerprint density at radius 3 is 1.31 bits per heavy atom. The van der Waals surface area contributed by atoms with Crippen LogP contribution in [0.25, 0.3) is 34.4 Å². The van der Waals surface area contributed by atoms with Crippen molar-refractivity contribution in [2.24, 2.45) is 0 Å². The number of fused-ring (bicyclic) bond motifs is 3. The van der Waals surface area contributed by atoms with E-state index in [9.17, 15) is 0 Å². The first-order valence-electron chi connectivity index (χ1n) is 14.4. The van der Waals surface area contributed by atoms with E-state index in [0.29, 0.717) is 0 Å². The molecule has 7 rings (SSSR count). The number of benzene rings is 6. The van der Waals surface area contributed by atoms with E-state index in [4.69, 9.17) is 0 Å². The highest BCUT2D eigenvalue weighted by Crippen LogP contribution is 2.44. The lowest BCUT2D eigenvalue weighted by Crippen LogP contribution is -2.09. The van der Waals surface area contributed by atoms with Crippen molar-refractivity contribution >= 4 is 34.7 Å². The molecule has 0 aliphatic heterocycles. The molecule has 42 heavy (non-hydrogen) atoms. The molecule has 0 saturated carbocycles. The largest absolute Gasteiger partial charge is 0.345 e. The molecule has 1 heteroatoms. The van der Waals surface area contributed by atoms with Gasteiger partial charge < -0.3 is 4.90 Å². The lowest BCUT2D eigenvalue weighted by atomic mass is 9.96. The summed E-state index contributed by atoms with van der Waals surface area (Å²) in [6, 6.07) is 56.2. The first kappa shape index (κ1) is 25.6. The second-order valence-corrected chi connectivity index (χ2v) is 10.7. The molecule has 0 aromatic heterocycles. The van der Waals surface area contributed by atoms with Crippen molar-refractivity contribution < 1.29 is 0 Å². The number of hydrogen-bond acceptors (Lipinski definition) is 1. The zero-order valence-electron chi connectivity index (χ0n) is 23.6. The van der Waals surface area contributed by atoms with Crippen molar-refractivity contribution in [2.75, 3.05) is 11.9 Å². The summed E-state index contributed by atoms with van der Waals surface area (Å²) >= 11 is 0. The summed E-state index contributed by atoms with van der Waals surface area (Å²) in [5.41, 5.74) is 14.8. The maximum atomic E-state index is 2.31. The predicted molar refractivity (Wildman–Crippen MR) is 180 cm³/mol. The Morgan fingerprint density at radius 1 is 0.429 bits per heavy atom. The Morgan fingerprint density at radius 2 is 0.833 bits per heavy atom. The maximum Gasteiger partial charge on any atom is 0.0408 e. The normalized spacial score (nSPS) is 11.4. The monoisotopic (exact) mass is 537 g/mol. The van der Waals surface area contributed by atoms with Crippen LogP contribution in [-0.2, 0) is 0 Å². The van der Waals surface area contributed by atoms with Crippen molar-refractivity contribution in [3.8, 4) is 11.1 Å². The molecule has 1 aliphatic carbocycles. The first-order valence-corrected chi connectivity index (χ1v) is 14.4. The van der Waals surface area contributed by atoms with Gasteiger partial charge in [0.1, 0.15) is 0 Å². The molecular formula is C41H31N. The highest BCUT2D eigenvalue weighted by molar-refractivity contribution is 6.06. The summed E-state index contributed by atoms with van der Waals surface area (Å²) in [5, 5.41) is 0. The third kappa shape index (κ3) is 4.98. The molecular weight excluding hydrogens is 506 g/mol. The minimum Gasteiger partial charge on any atom is -0.345 e. The highest BCUT2D eigenvalue weighted by atomic mass is 15.1. The summed E-state index contributed by atoms with van der Waals surface area (Å²) in [4.78, 5) is 2.24. The van der Waals surface area contributed by atoms with Gasteiger partial charge in [0.25, 0.3) is 0 Å².